The third kappa shape index (κ3) is 13.6. The molecule has 0 heterocycles. The summed E-state index contributed by atoms with van der Waals surface area (Å²) in [6.45, 7) is 9.53. The first kappa shape index (κ1) is 19.1. The minimum Gasteiger partial charge on any atom is -0.299 e. The maximum Gasteiger partial charge on any atom is 0.0719 e. The van der Waals surface area contributed by atoms with Gasteiger partial charge in [-0.3, -0.25) is 4.84 Å². The van der Waals surface area contributed by atoms with E-state index in [2.05, 4.69) is 45.9 Å². The molecule has 2 heteroatoms. The summed E-state index contributed by atoms with van der Waals surface area (Å²) in [7, 11) is 3.83. The maximum absolute atomic E-state index is 5.37. The lowest BCUT2D eigenvalue weighted by atomic mass is 10.1. The van der Waals surface area contributed by atoms with Gasteiger partial charge in [-0.05, 0) is 59.8 Å². The molecule has 0 rings (SSSR count). The van der Waals surface area contributed by atoms with Gasteiger partial charge in [0.15, 0.2) is 0 Å². The molecule has 0 aromatic rings. The number of rotatable bonds is 10. The summed E-state index contributed by atoms with van der Waals surface area (Å²) >= 11 is 0. The van der Waals surface area contributed by atoms with Crippen LogP contribution in [-0.2, 0) is 4.84 Å². The topological polar surface area (TPSA) is 12.5 Å². The van der Waals surface area contributed by atoms with Crippen LogP contribution in [0, 0.1) is 0 Å². The van der Waals surface area contributed by atoms with Crippen LogP contribution in [0.3, 0.4) is 0 Å². The van der Waals surface area contributed by atoms with Gasteiger partial charge in [0.25, 0.3) is 0 Å². The molecule has 0 N–H and O–H groups in total. The second kappa shape index (κ2) is 11.9. The van der Waals surface area contributed by atoms with E-state index >= 15 is 0 Å². The minimum absolute atomic E-state index is 0.766. The van der Waals surface area contributed by atoms with Gasteiger partial charge in [0.1, 0.15) is 0 Å². The number of hydrogen-bond donors (Lipinski definition) is 0. The molecule has 0 aromatic heterocycles. The SMILES string of the molecule is CC(C)=CCC/C(C)=C/CC/C(C)=C/CCON(C)C. The van der Waals surface area contributed by atoms with Crippen molar-refractivity contribution in [3.05, 3.63) is 34.9 Å². The molecule has 0 saturated carbocycles. The third-order valence-electron chi connectivity index (χ3n) is 3.08. The van der Waals surface area contributed by atoms with E-state index < -0.39 is 0 Å². The van der Waals surface area contributed by atoms with E-state index in [1.165, 1.54) is 29.6 Å². The lowest BCUT2D eigenvalue weighted by molar-refractivity contribution is -0.117. The molecule has 0 bridgehead atoms. The summed E-state index contributed by atoms with van der Waals surface area (Å²) in [6, 6.07) is 0. The first-order valence-corrected chi connectivity index (χ1v) is 7.66. The summed E-state index contributed by atoms with van der Waals surface area (Å²) in [6.07, 6.45) is 12.6. The molecule has 116 valence electrons. The second-order valence-corrected chi connectivity index (χ2v) is 5.89. The van der Waals surface area contributed by atoms with Crippen molar-refractivity contribution < 1.29 is 4.84 Å². The summed E-state index contributed by atoms with van der Waals surface area (Å²) in [4.78, 5) is 5.37. The molecule has 0 fully saturated rings. The molecule has 0 atom stereocenters. The fourth-order valence-corrected chi connectivity index (χ4v) is 1.88. The normalized spacial score (nSPS) is 12.9. The van der Waals surface area contributed by atoms with Gasteiger partial charge in [0.05, 0.1) is 6.61 Å². The lowest BCUT2D eigenvalue weighted by Crippen LogP contribution is -2.12. The molecular weight excluding hydrogens is 246 g/mol. The Balaban J connectivity index is 3.79. The Morgan fingerprint density at radius 2 is 1.30 bits per heavy atom. The zero-order chi connectivity index (χ0) is 15.4. The highest BCUT2D eigenvalue weighted by atomic mass is 16.7. The largest absolute Gasteiger partial charge is 0.299 e. The Morgan fingerprint density at radius 3 is 1.80 bits per heavy atom. The maximum atomic E-state index is 5.37. The number of hydroxylamine groups is 2. The average Bonchev–Trinajstić information content (AvgIpc) is 2.34. The zero-order valence-corrected chi connectivity index (χ0v) is 14.3. The number of hydrogen-bond acceptors (Lipinski definition) is 2. The first-order chi connectivity index (χ1) is 9.41. The van der Waals surface area contributed by atoms with Crippen LogP contribution in [0.25, 0.3) is 0 Å². The summed E-state index contributed by atoms with van der Waals surface area (Å²) < 4.78 is 0. The highest BCUT2D eigenvalue weighted by Gasteiger charge is 1.93. The lowest BCUT2D eigenvalue weighted by Gasteiger charge is -2.08. The van der Waals surface area contributed by atoms with E-state index in [4.69, 9.17) is 4.84 Å². The van der Waals surface area contributed by atoms with Crippen LogP contribution in [0.2, 0.25) is 0 Å². The van der Waals surface area contributed by atoms with Crippen molar-refractivity contribution in [3.8, 4) is 0 Å². The van der Waals surface area contributed by atoms with Gasteiger partial charge in [-0.25, -0.2) is 0 Å². The van der Waals surface area contributed by atoms with E-state index in [-0.39, 0.29) is 0 Å². The number of nitrogens with zero attached hydrogens (tertiary/aromatic N) is 1. The van der Waals surface area contributed by atoms with Crippen molar-refractivity contribution >= 4 is 0 Å². The Bertz CT molecular complexity index is 333. The Hall–Kier alpha value is -0.860. The van der Waals surface area contributed by atoms with Crippen molar-refractivity contribution in [2.24, 2.45) is 0 Å². The molecule has 0 spiro atoms. The predicted molar refractivity (Wildman–Crippen MR) is 89.7 cm³/mol. The van der Waals surface area contributed by atoms with Crippen molar-refractivity contribution in [1.29, 1.82) is 0 Å². The minimum atomic E-state index is 0.766. The molecule has 0 aliphatic rings. The van der Waals surface area contributed by atoms with Crippen LogP contribution in [0.5, 0.6) is 0 Å². The van der Waals surface area contributed by atoms with Gasteiger partial charge in [-0.1, -0.05) is 34.9 Å². The van der Waals surface area contributed by atoms with Gasteiger partial charge in [-0.2, -0.15) is 5.06 Å². The van der Waals surface area contributed by atoms with E-state index in [0.717, 1.165) is 25.9 Å². The summed E-state index contributed by atoms with van der Waals surface area (Å²) in [5.74, 6) is 0. The monoisotopic (exact) mass is 279 g/mol. The van der Waals surface area contributed by atoms with E-state index in [0.29, 0.717) is 0 Å². The molecule has 0 aromatic carbocycles. The molecule has 0 amide bonds. The quantitative estimate of drug-likeness (QED) is 0.306. The smallest absolute Gasteiger partial charge is 0.0719 e. The zero-order valence-electron chi connectivity index (χ0n) is 14.3. The molecule has 0 saturated heterocycles. The molecule has 2 nitrogen and oxygen atoms in total. The van der Waals surface area contributed by atoms with Crippen LogP contribution in [-0.4, -0.2) is 25.8 Å². The van der Waals surface area contributed by atoms with Gasteiger partial charge >= 0.3 is 0 Å². The van der Waals surface area contributed by atoms with E-state index in [1.807, 2.05) is 14.1 Å². The standard InChI is InChI=1S/C18H33NO/c1-16(2)10-7-11-17(3)12-8-13-18(4)14-9-15-20-19(5)6/h10,12,14H,7-9,11,13,15H2,1-6H3/b17-12+,18-14+. The third-order valence-corrected chi connectivity index (χ3v) is 3.08. The van der Waals surface area contributed by atoms with Crippen molar-refractivity contribution in [2.75, 3.05) is 20.7 Å². The van der Waals surface area contributed by atoms with E-state index in [9.17, 15) is 0 Å². The number of allylic oxidation sites excluding steroid dienone is 5. The molecule has 20 heavy (non-hydrogen) atoms. The molecule has 0 aliphatic carbocycles. The summed E-state index contributed by atoms with van der Waals surface area (Å²) in [5.41, 5.74) is 4.38. The average molecular weight is 279 g/mol. The van der Waals surface area contributed by atoms with Gasteiger partial charge in [0, 0.05) is 14.1 Å². The predicted octanol–water partition coefficient (Wildman–Crippen LogP) is 5.29. The fraction of sp³-hybridized carbons (Fsp3) is 0.667. The molecule has 0 radical (unpaired) electrons. The Labute approximate surface area is 126 Å². The van der Waals surface area contributed by atoms with Crippen molar-refractivity contribution in [3.63, 3.8) is 0 Å². The molecular formula is C18H33NO. The van der Waals surface area contributed by atoms with Gasteiger partial charge in [0.2, 0.25) is 0 Å². The van der Waals surface area contributed by atoms with Crippen molar-refractivity contribution in [2.45, 2.75) is 59.8 Å². The Kier molecular flexibility index (Phi) is 11.4. The second-order valence-electron chi connectivity index (χ2n) is 5.89. The fourth-order valence-electron chi connectivity index (χ4n) is 1.88. The summed E-state index contributed by atoms with van der Waals surface area (Å²) in [5, 5.41) is 1.75. The highest BCUT2D eigenvalue weighted by Crippen LogP contribution is 2.11. The highest BCUT2D eigenvalue weighted by molar-refractivity contribution is 5.05. The van der Waals surface area contributed by atoms with Gasteiger partial charge in [-0.15, -0.1) is 0 Å². The first-order valence-electron chi connectivity index (χ1n) is 7.66. The van der Waals surface area contributed by atoms with Crippen LogP contribution in [0.15, 0.2) is 34.9 Å². The van der Waals surface area contributed by atoms with Crippen molar-refractivity contribution in [1.82, 2.24) is 5.06 Å². The van der Waals surface area contributed by atoms with Crippen LogP contribution >= 0.6 is 0 Å². The van der Waals surface area contributed by atoms with Crippen LogP contribution in [0.4, 0.5) is 0 Å². The van der Waals surface area contributed by atoms with Crippen LogP contribution in [0.1, 0.15) is 59.8 Å². The van der Waals surface area contributed by atoms with Gasteiger partial charge < -0.3 is 0 Å². The van der Waals surface area contributed by atoms with Crippen LogP contribution < -0.4 is 0 Å². The Morgan fingerprint density at radius 1 is 0.800 bits per heavy atom. The molecule has 0 unspecified atom stereocenters. The molecule has 0 aliphatic heterocycles. The van der Waals surface area contributed by atoms with E-state index in [1.54, 1.807) is 5.06 Å².